The molecule has 0 heterocycles. The highest BCUT2D eigenvalue weighted by atomic mass is 32.2. The Morgan fingerprint density at radius 1 is 0.920 bits per heavy atom. The number of ketones is 1. The number of hydrogen-bond acceptors (Lipinski definition) is 2. The summed E-state index contributed by atoms with van der Waals surface area (Å²) in [4.78, 5) is 11.7. The first-order valence-electron chi connectivity index (χ1n) is 7.01. The SMILES string of the molecule is O=C(/C=C\c1ccc(F)cc1F)C[S+]([O-])C=Cc1ccc(F)cc1F. The largest absolute Gasteiger partial charge is 0.612 e. The van der Waals surface area contributed by atoms with E-state index in [2.05, 4.69) is 0 Å². The van der Waals surface area contributed by atoms with Crippen molar-refractivity contribution in [2.45, 2.75) is 0 Å². The highest BCUT2D eigenvalue weighted by molar-refractivity contribution is 7.95. The number of hydrogen-bond donors (Lipinski definition) is 0. The van der Waals surface area contributed by atoms with E-state index in [-0.39, 0.29) is 11.1 Å². The van der Waals surface area contributed by atoms with Crippen LogP contribution in [0.3, 0.4) is 0 Å². The molecule has 0 spiro atoms. The van der Waals surface area contributed by atoms with Crippen molar-refractivity contribution in [3.05, 3.63) is 82.3 Å². The molecule has 7 heteroatoms. The Kier molecular flexibility index (Phi) is 6.55. The van der Waals surface area contributed by atoms with Crippen LogP contribution in [0.15, 0.2) is 47.9 Å². The van der Waals surface area contributed by atoms with E-state index in [9.17, 15) is 26.9 Å². The minimum atomic E-state index is -1.73. The van der Waals surface area contributed by atoms with E-state index in [0.717, 1.165) is 29.7 Å². The van der Waals surface area contributed by atoms with Crippen molar-refractivity contribution >= 4 is 29.1 Å². The fourth-order valence-corrected chi connectivity index (χ4v) is 2.61. The van der Waals surface area contributed by atoms with Gasteiger partial charge in [-0.2, -0.15) is 0 Å². The van der Waals surface area contributed by atoms with Crippen molar-refractivity contribution in [2.75, 3.05) is 5.75 Å². The highest BCUT2D eigenvalue weighted by Gasteiger charge is 2.09. The van der Waals surface area contributed by atoms with Gasteiger partial charge in [0.1, 0.15) is 28.7 Å². The van der Waals surface area contributed by atoms with Crippen LogP contribution in [0.25, 0.3) is 12.2 Å². The zero-order valence-corrected chi connectivity index (χ0v) is 13.5. The molecular formula is C18H12F4O2S. The molecule has 0 radical (unpaired) electrons. The van der Waals surface area contributed by atoms with Gasteiger partial charge >= 0.3 is 0 Å². The average Bonchev–Trinajstić information content (AvgIpc) is 2.53. The first-order valence-corrected chi connectivity index (χ1v) is 8.40. The monoisotopic (exact) mass is 368 g/mol. The second-order valence-corrected chi connectivity index (χ2v) is 6.28. The number of carbonyl (C=O) groups is 1. The molecule has 0 aliphatic carbocycles. The van der Waals surface area contributed by atoms with Crippen LogP contribution >= 0.6 is 0 Å². The molecular weight excluding hydrogens is 356 g/mol. The predicted octanol–water partition coefficient (Wildman–Crippen LogP) is 4.24. The molecule has 2 rings (SSSR count). The minimum Gasteiger partial charge on any atom is -0.612 e. The summed E-state index contributed by atoms with van der Waals surface area (Å²) in [7, 11) is 0. The molecule has 2 aromatic rings. The first kappa shape index (κ1) is 19.0. The maximum atomic E-state index is 13.4. The molecule has 0 fully saturated rings. The van der Waals surface area contributed by atoms with Crippen molar-refractivity contribution in [3.8, 4) is 0 Å². The molecule has 0 saturated heterocycles. The van der Waals surface area contributed by atoms with Crippen LogP contribution in [-0.4, -0.2) is 16.1 Å². The van der Waals surface area contributed by atoms with E-state index < -0.39 is 46.0 Å². The number of halogens is 4. The number of benzene rings is 2. The van der Waals surface area contributed by atoms with Crippen LogP contribution in [-0.2, 0) is 16.0 Å². The molecule has 0 amide bonds. The standard InChI is InChI=1S/C18H12F4O2S/c19-14-4-1-12(17(21)9-14)3-6-16(23)11-25(24)8-7-13-2-5-15(20)10-18(13)22/h1-10H,11H2/b6-3-,8-7?. The molecule has 2 nitrogen and oxygen atoms in total. The van der Waals surface area contributed by atoms with E-state index in [1.54, 1.807) is 0 Å². The normalized spacial score (nSPS) is 12.8. The Labute approximate surface area is 144 Å². The van der Waals surface area contributed by atoms with Gasteiger partial charge in [0.15, 0.2) is 5.75 Å². The van der Waals surface area contributed by atoms with Gasteiger partial charge in [0.05, 0.1) is 0 Å². The van der Waals surface area contributed by atoms with Crippen molar-refractivity contribution in [1.82, 2.24) is 0 Å². The highest BCUT2D eigenvalue weighted by Crippen LogP contribution is 2.13. The molecule has 2 aromatic carbocycles. The molecule has 0 aliphatic heterocycles. The van der Waals surface area contributed by atoms with E-state index in [1.807, 2.05) is 0 Å². The number of carbonyl (C=O) groups excluding carboxylic acids is 1. The molecule has 130 valence electrons. The average molecular weight is 368 g/mol. The molecule has 0 aromatic heterocycles. The quantitative estimate of drug-likeness (QED) is 0.435. The third-order valence-electron chi connectivity index (χ3n) is 3.06. The third-order valence-corrected chi connectivity index (χ3v) is 4.07. The molecule has 25 heavy (non-hydrogen) atoms. The Morgan fingerprint density at radius 2 is 1.44 bits per heavy atom. The Balaban J connectivity index is 1.95. The summed E-state index contributed by atoms with van der Waals surface area (Å²) in [6.45, 7) is 0. The summed E-state index contributed by atoms with van der Waals surface area (Å²) in [5.41, 5.74) is 0.0515. The van der Waals surface area contributed by atoms with E-state index in [4.69, 9.17) is 0 Å². The molecule has 0 aliphatic rings. The molecule has 0 saturated carbocycles. The zero-order valence-electron chi connectivity index (χ0n) is 12.7. The smallest absolute Gasteiger partial charge is 0.205 e. The second-order valence-electron chi connectivity index (χ2n) is 4.96. The lowest BCUT2D eigenvalue weighted by Crippen LogP contribution is -2.11. The summed E-state index contributed by atoms with van der Waals surface area (Å²) in [6.07, 6.45) is 3.36. The first-order chi connectivity index (χ1) is 11.8. The summed E-state index contributed by atoms with van der Waals surface area (Å²) < 4.78 is 64.1. The summed E-state index contributed by atoms with van der Waals surface area (Å²) in [5.74, 6) is -4.04. The van der Waals surface area contributed by atoms with Gasteiger partial charge in [0, 0.05) is 23.3 Å². The number of rotatable bonds is 6. The van der Waals surface area contributed by atoms with Crippen molar-refractivity contribution < 1.29 is 26.9 Å². The van der Waals surface area contributed by atoms with Gasteiger partial charge in [-0.3, -0.25) is 4.79 Å². The molecule has 1 unspecified atom stereocenters. The fraction of sp³-hybridized carbons (Fsp3) is 0.0556. The van der Waals surface area contributed by atoms with Gasteiger partial charge in [-0.15, -0.1) is 0 Å². The van der Waals surface area contributed by atoms with Crippen LogP contribution in [0.5, 0.6) is 0 Å². The van der Waals surface area contributed by atoms with Gasteiger partial charge in [0.2, 0.25) is 5.78 Å². The van der Waals surface area contributed by atoms with Crippen LogP contribution in [0.2, 0.25) is 0 Å². The Hall–Kier alpha value is -2.38. The lowest BCUT2D eigenvalue weighted by molar-refractivity contribution is -0.112. The van der Waals surface area contributed by atoms with Gasteiger partial charge in [-0.1, -0.05) is 0 Å². The molecule has 0 bridgehead atoms. The van der Waals surface area contributed by atoms with Crippen molar-refractivity contribution in [3.63, 3.8) is 0 Å². The topological polar surface area (TPSA) is 40.1 Å². The molecule has 1 atom stereocenters. The van der Waals surface area contributed by atoms with E-state index in [1.165, 1.54) is 18.2 Å². The lowest BCUT2D eigenvalue weighted by Gasteiger charge is -2.03. The summed E-state index contributed by atoms with van der Waals surface area (Å²) >= 11 is -1.73. The number of allylic oxidation sites excluding steroid dienone is 1. The fourth-order valence-electron chi connectivity index (χ4n) is 1.84. The maximum Gasteiger partial charge on any atom is 0.205 e. The lowest BCUT2D eigenvalue weighted by atomic mass is 10.2. The van der Waals surface area contributed by atoms with Crippen LogP contribution < -0.4 is 0 Å². The van der Waals surface area contributed by atoms with Crippen LogP contribution in [0, 0.1) is 23.3 Å². The maximum absolute atomic E-state index is 13.4. The molecule has 0 N–H and O–H groups in total. The second kappa shape index (κ2) is 8.64. The Morgan fingerprint density at radius 3 is 1.96 bits per heavy atom. The van der Waals surface area contributed by atoms with Crippen LogP contribution in [0.4, 0.5) is 17.6 Å². The van der Waals surface area contributed by atoms with Gasteiger partial charge in [0.25, 0.3) is 0 Å². The zero-order chi connectivity index (χ0) is 18.4. The predicted molar refractivity (Wildman–Crippen MR) is 88.8 cm³/mol. The van der Waals surface area contributed by atoms with Gasteiger partial charge < -0.3 is 4.55 Å². The minimum absolute atomic E-state index is 0.0180. The Bertz CT molecular complexity index is 834. The van der Waals surface area contributed by atoms with Crippen molar-refractivity contribution in [1.29, 1.82) is 0 Å². The summed E-state index contributed by atoms with van der Waals surface area (Å²) in [6, 6.07) is 5.82. The van der Waals surface area contributed by atoms with E-state index in [0.29, 0.717) is 12.1 Å². The van der Waals surface area contributed by atoms with Gasteiger partial charge in [-0.05, 0) is 53.7 Å². The van der Waals surface area contributed by atoms with Crippen molar-refractivity contribution in [2.24, 2.45) is 0 Å². The van der Waals surface area contributed by atoms with Gasteiger partial charge in [-0.25, -0.2) is 17.6 Å². The third kappa shape index (κ3) is 5.88. The summed E-state index contributed by atoms with van der Waals surface area (Å²) in [5, 5.41) is 1.11. The van der Waals surface area contributed by atoms with E-state index >= 15 is 0 Å². The van der Waals surface area contributed by atoms with Crippen LogP contribution in [0.1, 0.15) is 11.1 Å².